The molecule has 96 valence electrons. The third-order valence-corrected chi connectivity index (χ3v) is 3.14. The van der Waals surface area contributed by atoms with Gasteiger partial charge in [-0.15, -0.1) is 0 Å². The van der Waals surface area contributed by atoms with Crippen molar-refractivity contribution in [3.05, 3.63) is 27.0 Å². The highest BCUT2D eigenvalue weighted by molar-refractivity contribution is 6.43. The first-order valence-corrected chi connectivity index (χ1v) is 5.67. The van der Waals surface area contributed by atoms with E-state index >= 15 is 0 Å². The highest BCUT2D eigenvalue weighted by Crippen LogP contribution is 2.36. The number of alkyl halides is 3. The molecule has 1 aromatic rings. The monoisotopic (exact) mass is 306 g/mol. The second kappa shape index (κ2) is 5.61. The van der Waals surface area contributed by atoms with E-state index in [0.29, 0.717) is 0 Å². The summed E-state index contributed by atoms with van der Waals surface area (Å²) in [5.41, 5.74) is 5.81. The van der Waals surface area contributed by atoms with Gasteiger partial charge >= 0.3 is 6.18 Å². The van der Waals surface area contributed by atoms with Crippen LogP contribution in [-0.4, -0.2) is 11.2 Å². The van der Waals surface area contributed by atoms with Crippen LogP contribution in [0, 0.1) is 0 Å². The van der Waals surface area contributed by atoms with Crippen LogP contribution in [0.3, 0.4) is 0 Å². The third-order valence-electron chi connectivity index (χ3n) is 2.08. The Morgan fingerprint density at radius 3 is 2.41 bits per heavy atom. The normalized spacial score (nSPS) is 13.8. The van der Waals surface area contributed by atoms with Crippen molar-refractivity contribution >= 4 is 34.8 Å². The number of halogens is 6. The van der Waals surface area contributed by atoms with Gasteiger partial charge in [0.25, 0.3) is 0 Å². The molecular formula is C9H8Cl3F3N2. The number of nitrogens with two attached hydrogens (primary N) is 1. The Kier molecular flexibility index (Phi) is 4.89. The van der Waals surface area contributed by atoms with Gasteiger partial charge in [-0.3, -0.25) is 0 Å². The van der Waals surface area contributed by atoms with Crippen LogP contribution in [0.5, 0.6) is 0 Å². The maximum atomic E-state index is 12.1. The van der Waals surface area contributed by atoms with Crippen LogP contribution in [0.25, 0.3) is 0 Å². The number of rotatable bonds is 3. The molecule has 1 atom stereocenters. The van der Waals surface area contributed by atoms with Gasteiger partial charge in [-0.25, -0.2) is 4.98 Å². The topological polar surface area (TPSA) is 38.9 Å². The molecule has 0 unspecified atom stereocenters. The average molecular weight is 308 g/mol. The summed E-state index contributed by atoms with van der Waals surface area (Å²) in [5.74, 6) is 0. The molecule has 0 saturated heterocycles. The lowest BCUT2D eigenvalue weighted by atomic mass is 10.0. The van der Waals surface area contributed by atoms with Crippen LogP contribution < -0.4 is 5.73 Å². The Hall–Kier alpha value is -0.230. The molecule has 0 bridgehead atoms. The maximum absolute atomic E-state index is 12.1. The summed E-state index contributed by atoms with van der Waals surface area (Å²) in [6.07, 6.45) is -4.39. The summed E-state index contributed by atoms with van der Waals surface area (Å²) >= 11 is 17.2. The Morgan fingerprint density at radius 2 is 1.88 bits per heavy atom. The minimum absolute atomic E-state index is 0.00570. The van der Waals surface area contributed by atoms with Crippen molar-refractivity contribution in [1.82, 2.24) is 4.98 Å². The molecule has 1 heterocycles. The van der Waals surface area contributed by atoms with Crippen LogP contribution in [0.1, 0.15) is 24.4 Å². The number of hydrogen-bond donors (Lipinski definition) is 1. The van der Waals surface area contributed by atoms with E-state index in [1.165, 1.54) is 6.20 Å². The lowest BCUT2D eigenvalue weighted by Crippen LogP contribution is -2.16. The number of nitrogens with zero attached hydrogens (tertiary/aromatic N) is 1. The van der Waals surface area contributed by atoms with E-state index in [1.54, 1.807) is 0 Å². The molecule has 0 aliphatic heterocycles. The molecule has 0 radical (unpaired) electrons. The lowest BCUT2D eigenvalue weighted by Gasteiger charge is -2.16. The minimum Gasteiger partial charge on any atom is -0.324 e. The number of hydrogen-bond acceptors (Lipinski definition) is 2. The first kappa shape index (κ1) is 14.8. The molecule has 0 amide bonds. The first-order chi connectivity index (χ1) is 7.72. The van der Waals surface area contributed by atoms with Crippen molar-refractivity contribution in [2.45, 2.75) is 25.1 Å². The van der Waals surface area contributed by atoms with Crippen molar-refractivity contribution in [1.29, 1.82) is 0 Å². The second-order valence-corrected chi connectivity index (χ2v) is 4.53. The van der Waals surface area contributed by atoms with Crippen LogP contribution >= 0.6 is 34.8 Å². The first-order valence-electron chi connectivity index (χ1n) is 4.54. The smallest absolute Gasteiger partial charge is 0.324 e. The molecule has 1 rings (SSSR count). The highest BCUT2D eigenvalue weighted by atomic mass is 35.5. The van der Waals surface area contributed by atoms with Crippen molar-refractivity contribution in [3.63, 3.8) is 0 Å². The van der Waals surface area contributed by atoms with Crippen molar-refractivity contribution in [3.8, 4) is 0 Å². The van der Waals surface area contributed by atoms with E-state index in [2.05, 4.69) is 4.98 Å². The van der Waals surface area contributed by atoms with Crippen molar-refractivity contribution < 1.29 is 13.2 Å². The van der Waals surface area contributed by atoms with Crippen LogP contribution in [0.4, 0.5) is 13.2 Å². The zero-order valence-corrected chi connectivity index (χ0v) is 10.6. The van der Waals surface area contributed by atoms with Crippen LogP contribution in [-0.2, 0) is 0 Å². The fraction of sp³-hybridized carbons (Fsp3) is 0.444. The molecule has 0 saturated carbocycles. The predicted octanol–water partition coefficient (Wildman–Crippen LogP) is 4.38. The van der Waals surface area contributed by atoms with Gasteiger partial charge in [0.2, 0.25) is 0 Å². The number of aromatic nitrogens is 1. The summed E-state index contributed by atoms with van der Waals surface area (Å²) in [7, 11) is 0. The minimum atomic E-state index is -4.27. The van der Waals surface area contributed by atoms with Gasteiger partial charge in [0.15, 0.2) is 0 Å². The quantitative estimate of drug-likeness (QED) is 0.841. The summed E-state index contributed by atoms with van der Waals surface area (Å²) in [4.78, 5) is 3.65. The Labute approximate surface area is 111 Å². The summed E-state index contributed by atoms with van der Waals surface area (Å²) in [6.45, 7) is 0. The van der Waals surface area contributed by atoms with Crippen molar-refractivity contribution in [2.75, 3.05) is 0 Å². The molecule has 0 aliphatic carbocycles. The highest BCUT2D eigenvalue weighted by Gasteiger charge is 2.29. The molecule has 0 fully saturated rings. The molecule has 0 aliphatic rings. The largest absolute Gasteiger partial charge is 0.389 e. The van der Waals surface area contributed by atoms with Gasteiger partial charge in [0, 0.05) is 24.2 Å². The molecule has 0 aromatic carbocycles. The average Bonchev–Trinajstić information content (AvgIpc) is 2.20. The summed E-state index contributed by atoms with van der Waals surface area (Å²) in [5, 5.41) is 0.0661. The Bertz CT molecular complexity index is 409. The lowest BCUT2D eigenvalue weighted by molar-refractivity contribution is -0.136. The maximum Gasteiger partial charge on any atom is 0.389 e. The zero-order chi connectivity index (χ0) is 13.2. The van der Waals surface area contributed by atoms with E-state index in [-0.39, 0.29) is 27.2 Å². The van der Waals surface area contributed by atoms with Gasteiger partial charge < -0.3 is 5.73 Å². The van der Waals surface area contributed by atoms with Gasteiger partial charge in [0.1, 0.15) is 5.15 Å². The number of pyridine rings is 1. The van der Waals surface area contributed by atoms with Crippen LogP contribution in [0.15, 0.2) is 6.20 Å². The zero-order valence-electron chi connectivity index (χ0n) is 8.36. The summed E-state index contributed by atoms with van der Waals surface area (Å²) in [6, 6.07) is -0.933. The second-order valence-electron chi connectivity index (χ2n) is 3.38. The van der Waals surface area contributed by atoms with E-state index in [1.807, 2.05) is 0 Å². The SMILES string of the molecule is N[C@H](CCC(F)(F)F)c1c(Cl)cnc(Cl)c1Cl. The van der Waals surface area contributed by atoms with E-state index in [4.69, 9.17) is 40.5 Å². The fourth-order valence-corrected chi connectivity index (χ4v) is 2.03. The molecular weight excluding hydrogens is 299 g/mol. The van der Waals surface area contributed by atoms with E-state index < -0.39 is 18.6 Å². The fourth-order valence-electron chi connectivity index (χ4n) is 1.26. The van der Waals surface area contributed by atoms with Gasteiger partial charge in [-0.1, -0.05) is 34.8 Å². The molecule has 1 aromatic heterocycles. The summed E-state index contributed by atoms with van der Waals surface area (Å²) < 4.78 is 36.2. The van der Waals surface area contributed by atoms with Gasteiger partial charge in [-0.2, -0.15) is 13.2 Å². The molecule has 0 spiro atoms. The molecule has 2 nitrogen and oxygen atoms in total. The van der Waals surface area contributed by atoms with E-state index in [9.17, 15) is 13.2 Å². The van der Waals surface area contributed by atoms with E-state index in [0.717, 1.165) is 0 Å². The predicted molar refractivity (Wildman–Crippen MR) is 61.5 cm³/mol. The van der Waals surface area contributed by atoms with Gasteiger partial charge in [0.05, 0.1) is 10.0 Å². The van der Waals surface area contributed by atoms with Crippen LogP contribution in [0.2, 0.25) is 15.2 Å². The Balaban J connectivity index is 2.89. The molecule has 8 heteroatoms. The van der Waals surface area contributed by atoms with Gasteiger partial charge in [-0.05, 0) is 6.42 Å². The van der Waals surface area contributed by atoms with Crippen molar-refractivity contribution in [2.24, 2.45) is 5.73 Å². The molecule has 2 N–H and O–H groups in total. The Morgan fingerprint density at radius 1 is 1.29 bits per heavy atom. The third kappa shape index (κ3) is 4.17. The molecule has 17 heavy (non-hydrogen) atoms. The standard InChI is InChI=1S/C9H8Cl3F3N2/c10-4-3-17-8(12)7(11)6(4)5(16)1-2-9(13,14)15/h3,5H,1-2,16H2/t5-/m1/s1.